The molecule has 1 saturated carbocycles. The largest absolute Gasteiger partial charge is 0.379 e. The van der Waals surface area contributed by atoms with Crippen LogP contribution in [-0.4, -0.2) is 64.7 Å². The Morgan fingerprint density at radius 1 is 1.04 bits per heavy atom. The zero-order chi connectivity index (χ0) is 37.4. The summed E-state index contributed by atoms with van der Waals surface area (Å²) in [6.07, 6.45) is -1.73. The summed E-state index contributed by atoms with van der Waals surface area (Å²) in [6.45, 7) is 1.66. The van der Waals surface area contributed by atoms with E-state index in [4.69, 9.17) is 9.72 Å². The number of alkyl halides is 4. The van der Waals surface area contributed by atoms with Crippen LogP contribution < -0.4 is 5.32 Å². The molecule has 4 heterocycles. The van der Waals surface area contributed by atoms with Crippen LogP contribution in [0.15, 0.2) is 65.7 Å². The molecule has 2 unspecified atom stereocenters. The van der Waals surface area contributed by atoms with E-state index in [1.165, 1.54) is 16.4 Å². The molecule has 2 N–H and O–H groups in total. The Kier molecular flexibility index (Phi) is 8.65. The quantitative estimate of drug-likeness (QED) is 0.163. The molecule has 2 aliphatic carbocycles. The van der Waals surface area contributed by atoms with Gasteiger partial charge in [-0.1, -0.05) is 19.1 Å². The van der Waals surface area contributed by atoms with Crippen molar-refractivity contribution in [3.63, 3.8) is 0 Å². The van der Waals surface area contributed by atoms with Crippen molar-refractivity contribution in [1.82, 2.24) is 29.4 Å². The van der Waals surface area contributed by atoms with Gasteiger partial charge in [0.1, 0.15) is 29.6 Å². The van der Waals surface area contributed by atoms with Crippen molar-refractivity contribution in [2.24, 2.45) is 11.8 Å². The molecule has 1 amide bonds. The lowest BCUT2D eigenvalue weighted by Gasteiger charge is -2.26. The minimum Gasteiger partial charge on any atom is -0.379 e. The lowest BCUT2D eigenvalue weighted by Crippen LogP contribution is -2.40. The van der Waals surface area contributed by atoms with Gasteiger partial charge >= 0.3 is 0 Å². The van der Waals surface area contributed by atoms with Crippen molar-refractivity contribution in [1.29, 1.82) is 0 Å². The number of aromatic amines is 1. The number of halogens is 6. The molecular formula is C36H32F6N6O4S. The summed E-state index contributed by atoms with van der Waals surface area (Å²) >= 11 is 0. The topological polar surface area (TPSA) is 122 Å². The number of morpholine rings is 1. The van der Waals surface area contributed by atoms with Gasteiger partial charge < -0.3 is 15.0 Å². The van der Waals surface area contributed by atoms with Crippen LogP contribution in [0.4, 0.5) is 26.3 Å². The smallest absolute Gasteiger partial charge is 0.293 e. The number of benzene rings is 2. The minimum atomic E-state index is -3.83. The van der Waals surface area contributed by atoms with Gasteiger partial charge in [0.25, 0.3) is 12.3 Å². The zero-order valence-corrected chi connectivity index (χ0v) is 28.8. The number of carbonyl (C=O) groups excluding carboxylic acids is 1. The number of sulfonamides is 1. The predicted molar refractivity (Wildman–Crippen MR) is 179 cm³/mol. The number of nitrogens with zero attached hydrogens (tertiary/aromatic N) is 4. The number of hydrogen-bond acceptors (Lipinski definition) is 6. The predicted octanol–water partition coefficient (Wildman–Crippen LogP) is 6.22. The number of aromatic nitrogens is 4. The van der Waals surface area contributed by atoms with E-state index in [2.05, 4.69) is 15.4 Å². The summed E-state index contributed by atoms with van der Waals surface area (Å²) in [7, 11) is -3.83. The van der Waals surface area contributed by atoms with Crippen molar-refractivity contribution >= 4 is 27.0 Å². The minimum absolute atomic E-state index is 0.0393. The van der Waals surface area contributed by atoms with Crippen LogP contribution >= 0.6 is 0 Å². The molecule has 0 bridgehead atoms. The highest BCUT2D eigenvalue weighted by Gasteiger charge is 2.71. The van der Waals surface area contributed by atoms with Crippen LogP contribution in [0.25, 0.3) is 22.2 Å². The molecule has 17 heteroatoms. The van der Waals surface area contributed by atoms with E-state index < -0.39 is 81.6 Å². The van der Waals surface area contributed by atoms with Gasteiger partial charge in [-0.15, -0.1) is 0 Å². The van der Waals surface area contributed by atoms with Crippen molar-refractivity contribution in [2.45, 2.75) is 49.1 Å². The maximum Gasteiger partial charge on any atom is 0.293 e. The summed E-state index contributed by atoms with van der Waals surface area (Å²) in [5, 5.41) is 6.51. The Bertz CT molecular complexity index is 2320. The Labute approximate surface area is 299 Å². The van der Waals surface area contributed by atoms with Crippen LogP contribution in [0.2, 0.25) is 0 Å². The Balaban J connectivity index is 1.17. The monoisotopic (exact) mass is 758 g/mol. The number of nitrogens with one attached hydrogen (secondary N) is 2. The summed E-state index contributed by atoms with van der Waals surface area (Å²) in [4.78, 5) is 21.6. The summed E-state index contributed by atoms with van der Waals surface area (Å²) in [5.41, 5.74) is 0.559. The van der Waals surface area contributed by atoms with Gasteiger partial charge in [0.15, 0.2) is 0 Å². The first-order valence-corrected chi connectivity index (χ1v) is 18.4. The molecule has 5 aromatic rings. The second kappa shape index (κ2) is 13.0. The first-order chi connectivity index (χ1) is 25.2. The van der Waals surface area contributed by atoms with Crippen molar-refractivity contribution < 1.29 is 44.3 Å². The second-order valence-corrected chi connectivity index (χ2v) is 15.6. The first kappa shape index (κ1) is 35.3. The fourth-order valence-electron chi connectivity index (χ4n) is 7.86. The molecule has 53 heavy (non-hydrogen) atoms. The van der Waals surface area contributed by atoms with E-state index in [9.17, 15) is 30.8 Å². The SMILES string of the molecule is C[C@@H]1C2c3c(C(F)F)nn(CC(=O)N[C@@H](Cc4cc(F)cc(F)c4)c4nc5cc[nH]c5cc4-c4ccc(S(=O)(=O)N5CCOCC5)cc4)c3C(F)(F)C21. The third-order valence-electron chi connectivity index (χ3n) is 10.3. The number of rotatable bonds is 10. The van der Waals surface area contributed by atoms with Gasteiger partial charge in [0, 0.05) is 48.3 Å². The normalized spacial score (nSPS) is 21.5. The molecule has 0 radical (unpaired) electrons. The maximum atomic E-state index is 15.5. The highest BCUT2D eigenvalue weighted by molar-refractivity contribution is 7.89. The first-order valence-electron chi connectivity index (χ1n) is 16.9. The van der Waals surface area contributed by atoms with Crippen molar-refractivity contribution in [3.05, 3.63) is 101 Å². The van der Waals surface area contributed by atoms with Gasteiger partial charge in [-0.25, -0.2) is 31.0 Å². The average molecular weight is 759 g/mol. The highest BCUT2D eigenvalue weighted by Crippen LogP contribution is 2.71. The zero-order valence-electron chi connectivity index (χ0n) is 28.0. The van der Waals surface area contributed by atoms with Crippen molar-refractivity contribution in [3.8, 4) is 11.1 Å². The summed E-state index contributed by atoms with van der Waals surface area (Å²) < 4.78 is 122. The van der Waals surface area contributed by atoms with Gasteiger partial charge in [-0.05, 0) is 59.9 Å². The number of hydrogen-bond donors (Lipinski definition) is 2. The number of carbonyl (C=O) groups is 1. The third kappa shape index (κ3) is 6.17. The molecular weight excluding hydrogens is 726 g/mol. The van der Waals surface area contributed by atoms with Crippen LogP contribution in [0, 0.1) is 23.5 Å². The number of ether oxygens (including phenoxy) is 1. The molecule has 0 spiro atoms. The molecule has 2 aromatic carbocycles. The molecule has 8 rings (SSSR count). The Hall–Kier alpha value is -4.74. The van der Waals surface area contributed by atoms with E-state index in [1.807, 2.05) is 0 Å². The fraction of sp³-hybridized carbons (Fsp3) is 0.361. The lowest BCUT2D eigenvalue weighted by molar-refractivity contribution is -0.123. The number of amides is 1. The molecule has 278 valence electrons. The van der Waals surface area contributed by atoms with E-state index >= 15 is 8.78 Å². The third-order valence-corrected chi connectivity index (χ3v) is 12.2. The van der Waals surface area contributed by atoms with Gasteiger partial charge in [0.05, 0.1) is 40.9 Å². The lowest BCUT2D eigenvalue weighted by atomic mass is 9.95. The summed E-state index contributed by atoms with van der Waals surface area (Å²) in [5.74, 6) is -8.58. The second-order valence-electron chi connectivity index (χ2n) is 13.6. The van der Waals surface area contributed by atoms with Gasteiger partial charge in [-0.2, -0.15) is 18.2 Å². The fourth-order valence-corrected chi connectivity index (χ4v) is 9.27. The number of pyridine rings is 1. The van der Waals surface area contributed by atoms with E-state index in [-0.39, 0.29) is 54.4 Å². The molecule has 2 fully saturated rings. The number of fused-ring (bicyclic) bond motifs is 4. The van der Waals surface area contributed by atoms with Crippen molar-refractivity contribution in [2.75, 3.05) is 26.3 Å². The average Bonchev–Trinajstić information content (AvgIpc) is 3.38. The molecule has 1 saturated heterocycles. The van der Waals surface area contributed by atoms with Crippen LogP contribution in [-0.2, 0) is 38.4 Å². The molecule has 1 aliphatic heterocycles. The Morgan fingerprint density at radius 2 is 1.74 bits per heavy atom. The van der Waals surface area contributed by atoms with Crippen LogP contribution in [0.3, 0.4) is 0 Å². The summed E-state index contributed by atoms with van der Waals surface area (Å²) in [6, 6.07) is 11.1. The van der Waals surface area contributed by atoms with Crippen LogP contribution in [0.1, 0.15) is 53.5 Å². The van der Waals surface area contributed by atoms with Gasteiger partial charge in [-0.3, -0.25) is 9.48 Å². The maximum absolute atomic E-state index is 15.5. The standard InChI is InChI=1S/C36H32F6N6O4S/c1-18-29-30-33(35(39)40)46-48(34(30)36(41,42)31(18)29)17-28(49)44-27(14-19-12-21(37)15-22(38)13-19)32-24(16-26-25(45-32)6-7-43-26)20-2-4-23(5-3-20)53(50,51)47-8-10-52-11-9-47/h2-7,12-13,15-16,18,27,29,31,35,43H,8-11,14,17H2,1H3,(H,44,49)/t18-,27+,29?,31?/m1/s1. The number of H-pyrrole nitrogens is 1. The van der Waals surface area contributed by atoms with E-state index in [1.54, 1.807) is 37.4 Å². The molecule has 3 aromatic heterocycles. The Morgan fingerprint density at radius 3 is 2.42 bits per heavy atom. The van der Waals surface area contributed by atoms with Gasteiger partial charge in [0.2, 0.25) is 15.9 Å². The molecule has 10 nitrogen and oxygen atoms in total. The van der Waals surface area contributed by atoms with Crippen LogP contribution in [0.5, 0.6) is 0 Å². The molecule has 4 atom stereocenters. The van der Waals surface area contributed by atoms with E-state index in [0.29, 0.717) is 32.9 Å². The highest BCUT2D eigenvalue weighted by atomic mass is 32.2. The molecule has 3 aliphatic rings. The van der Waals surface area contributed by atoms with E-state index in [0.717, 1.165) is 12.1 Å².